The van der Waals surface area contributed by atoms with Gasteiger partial charge in [-0.05, 0) is 57.5 Å². The van der Waals surface area contributed by atoms with Crippen LogP contribution in [0, 0.1) is 0 Å². The van der Waals surface area contributed by atoms with Crippen LogP contribution in [0.4, 0.5) is 0 Å². The van der Waals surface area contributed by atoms with E-state index in [2.05, 4.69) is 21.4 Å². The number of carbonyl (C=O) groups excluding carboxylic acids is 3. The maximum atomic E-state index is 13.2. The molecule has 0 spiro atoms. The topological polar surface area (TPSA) is 121 Å². The Morgan fingerprint density at radius 3 is 2.34 bits per heavy atom. The van der Waals surface area contributed by atoms with Crippen molar-refractivity contribution in [1.82, 2.24) is 4.68 Å². The Bertz CT molecular complexity index is 1090. The van der Waals surface area contributed by atoms with Gasteiger partial charge in [0.05, 0.1) is 11.3 Å². The fourth-order valence-electron chi connectivity index (χ4n) is 2.63. The Balaban J connectivity index is 2.33. The predicted molar refractivity (Wildman–Crippen MR) is 122 cm³/mol. The number of nitrogens with one attached hydrogen (secondary N) is 1. The molecule has 174 valence electrons. The standard InChI is InChI=1S/C21H25BrN2O7S/c1-5-16-6-7-17(24(16)23-18(25)8-9-32(28)29)19(26)13-10-14(12-15(22)11-13)20(27)30-31-21(2,3)4/h6-7,10-12,32H,5,8-9H2,1-4H3,(H,23,25). The molecule has 9 nitrogen and oxygen atoms in total. The van der Waals surface area contributed by atoms with Crippen LogP contribution in [-0.4, -0.2) is 42.1 Å². The molecule has 0 saturated heterocycles. The van der Waals surface area contributed by atoms with Crippen LogP contribution in [0.15, 0.2) is 34.8 Å². The maximum Gasteiger partial charge on any atom is 0.373 e. The molecule has 0 unspecified atom stereocenters. The number of rotatable bonds is 9. The van der Waals surface area contributed by atoms with Crippen molar-refractivity contribution in [2.45, 2.75) is 46.1 Å². The van der Waals surface area contributed by atoms with E-state index >= 15 is 0 Å². The zero-order chi connectivity index (χ0) is 24.1. The normalized spacial score (nSPS) is 11.4. The van der Waals surface area contributed by atoms with Gasteiger partial charge in [0.15, 0.2) is 0 Å². The molecule has 0 saturated carbocycles. The van der Waals surface area contributed by atoms with Crippen molar-refractivity contribution < 1.29 is 32.6 Å². The first-order valence-corrected chi connectivity index (χ1v) is 11.9. The summed E-state index contributed by atoms with van der Waals surface area (Å²) in [6.07, 6.45) is 0.290. The summed E-state index contributed by atoms with van der Waals surface area (Å²) in [5.74, 6) is -2.05. The van der Waals surface area contributed by atoms with Gasteiger partial charge in [-0.25, -0.2) is 13.2 Å². The Morgan fingerprint density at radius 2 is 1.75 bits per heavy atom. The van der Waals surface area contributed by atoms with Crippen molar-refractivity contribution in [2.24, 2.45) is 0 Å². The van der Waals surface area contributed by atoms with Gasteiger partial charge in [0.2, 0.25) is 11.7 Å². The third-order valence-corrected chi connectivity index (χ3v) is 5.12. The highest BCUT2D eigenvalue weighted by molar-refractivity contribution is 9.10. The van der Waals surface area contributed by atoms with Crippen molar-refractivity contribution in [1.29, 1.82) is 0 Å². The van der Waals surface area contributed by atoms with Crippen molar-refractivity contribution >= 4 is 44.3 Å². The maximum absolute atomic E-state index is 13.2. The molecule has 1 amide bonds. The molecule has 1 aromatic heterocycles. The number of ketones is 1. The quantitative estimate of drug-likeness (QED) is 0.222. The minimum atomic E-state index is -2.68. The van der Waals surface area contributed by atoms with E-state index < -0.39 is 34.0 Å². The molecular formula is C21H25BrN2O7S. The lowest BCUT2D eigenvalue weighted by Crippen LogP contribution is -2.28. The van der Waals surface area contributed by atoms with E-state index in [1.54, 1.807) is 32.9 Å². The molecule has 0 aliphatic carbocycles. The molecule has 1 N–H and O–H groups in total. The Hall–Kier alpha value is -2.50. The molecule has 0 radical (unpaired) electrons. The first-order valence-electron chi connectivity index (χ1n) is 9.79. The summed E-state index contributed by atoms with van der Waals surface area (Å²) in [5, 5.41) is 0. The van der Waals surface area contributed by atoms with Crippen LogP contribution in [0.25, 0.3) is 0 Å². The van der Waals surface area contributed by atoms with Crippen molar-refractivity contribution in [3.63, 3.8) is 0 Å². The molecule has 1 heterocycles. The molecule has 0 bridgehead atoms. The molecule has 11 heteroatoms. The number of amides is 1. The van der Waals surface area contributed by atoms with Gasteiger partial charge in [0.1, 0.15) is 22.0 Å². The first-order chi connectivity index (χ1) is 14.9. The molecule has 32 heavy (non-hydrogen) atoms. The molecule has 1 aromatic carbocycles. The Kier molecular flexibility index (Phi) is 8.76. The average molecular weight is 529 g/mol. The van der Waals surface area contributed by atoms with E-state index in [9.17, 15) is 22.8 Å². The molecule has 0 aliphatic rings. The van der Waals surface area contributed by atoms with Gasteiger partial charge in [-0.2, -0.15) is 4.89 Å². The van der Waals surface area contributed by atoms with Crippen LogP contribution in [0.5, 0.6) is 0 Å². The van der Waals surface area contributed by atoms with Crippen LogP contribution < -0.4 is 5.43 Å². The minimum absolute atomic E-state index is 0.101. The van der Waals surface area contributed by atoms with E-state index in [-0.39, 0.29) is 29.0 Å². The second kappa shape index (κ2) is 10.9. The zero-order valence-electron chi connectivity index (χ0n) is 18.1. The third-order valence-electron chi connectivity index (χ3n) is 4.08. The Morgan fingerprint density at radius 1 is 1.09 bits per heavy atom. The number of hydrogen-bond acceptors (Lipinski definition) is 7. The van der Waals surface area contributed by atoms with Gasteiger partial charge in [-0.3, -0.25) is 24.6 Å². The molecule has 0 atom stereocenters. The summed E-state index contributed by atoms with van der Waals surface area (Å²) in [7, 11) is -2.68. The summed E-state index contributed by atoms with van der Waals surface area (Å²) >= 11 is 3.29. The summed E-state index contributed by atoms with van der Waals surface area (Å²) in [6.45, 7) is 7.01. The second-order valence-electron chi connectivity index (χ2n) is 7.86. The molecule has 2 rings (SSSR count). The van der Waals surface area contributed by atoms with Crippen molar-refractivity contribution in [3.8, 4) is 0 Å². The van der Waals surface area contributed by atoms with Gasteiger partial charge < -0.3 is 0 Å². The lowest BCUT2D eigenvalue weighted by molar-refractivity contribution is -0.301. The SMILES string of the molecule is CCc1ccc(C(=O)c2cc(Br)cc(C(=O)OOC(C)(C)C)c2)n1NC(=O)CC[SH](=O)=O. The fraction of sp³-hybridized carbons (Fsp3) is 0.381. The Labute approximate surface area is 196 Å². The summed E-state index contributed by atoms with van der Waals surface area (Å²) < 4.78 is 23.3. The van der Waals surface area contributed by atoms with Gasteiger partial charge in [0, 0.05) is 22.2 Å². The predicted octanol–water partition coefficient (Wildman–Crippen LogP) is 3.00. The van der Waals surface area contributed by atoms with Crippen LogP contribution in [0.1, 0.15) is 66.2 Å². The zero-order valence-corrected chi connectivity index (χ0v) is 20.6. The highest BCUT2D eigenvalue weighted by atomic mass is 79.9. The number of aromatic nitrogens is 1. The second-order valence-corrected chi connectivity index (χ2v) is 9.89. The van der Waals surface area contributed by atoms with E-state index in [0.717, 1.165) is 0 Å². The number of hydrogen-bond donors (Lipinski definition) is 2. The number of halogens is 1. The average Bonchev–Trinajstić information content (AvgIpc) is 3.11. The van der Waals surface area contributed by atoms with Crippen molar-refractivity contribution in [2.75, 3.05) is 11.2 Å². The monoisotopic (exact) mass is 528 g/mol. The fourth-order valence-corrected chi connectivity index (χ4v) is 3.51. The van der Waals surface area contributed by atoms with Crippen molar-refractivity contribution in [3.05, 3.63) is 57.3 Å². The number of carbonyl (C=O) groups is 3. The lowest BCUT2D eigenvalue weighted by Gasteiger charge is -2.17. The van der Waals surface area contributed by atoms with Crippen LogP contribution in [0.3, 0.4) is 0 Å². The van der Waals surface area contributed by atoms with Gasteiger partial charge in [0.25, 0.3) is 0 Å². The van der Waals surface area contributed by atoms with E-state index in [4.69, 9.17) is 9.78 Å². The first kappa shape index (κ1) is 25.8. The van der Waals surface area contributed by atoms with Gasteiger partial charge in [-0.15, -0.1) is 0 Å². The highest BCUT2D eigenvalue weighted by Crippen LogP contribution is 2.21. The smallest absolute Gasteiger partial charge is 0.292 e. The molecule has 0 fully saturated rings. The van der Waals surface area contributed by atoms with E-state index in [1.807, 2.05) is 6.92 Å². The third kappa shape index (κ3) is 7.28. The lowest BCUT2D eigenvalue weighted by atomic mass is 10.1. The van der Waals surface area contributed by atoms with E-state index in [0.29, 0.717) is 16.6 Å². The van der Waals surface area contributed by atoms with Crippen LogP contribution in [-0.2, 0) is 31.7 Å². The number of thiol groups is 1. The number of nitrogens with zero attached hydrogens (tertiary/aromatic N) is 1. The van der Waals surface area contributed by atoms with Crippen LogP contribution in [0.2, 0.25) is 0 Å². The summed E-state index contributed by atoms with van der Waals surface area (Å²) in [6, 6.07) is 7.64. The molecule has 2 aromatic rings. The van der Waals surface area contributed by atoms with Gasteiger partial charge >= 0.3 is 5.97 Å². The largest absolute Gasteiger partial charge is 0.373 e. The number of benzene rings is 1. The minimum Gasteiger partial charge on any atom is -0.292 e. The van der Waals surface area contributed by atoms with Gasteiger partial charge in [-0.1, -0.05) is 22.9 Å². The number of aryl methyl sites for hydroxylation is 1. The summed E-state index contributed by atoms with van der Waals surface area (Å²) in [4.78, 5) is 47.6. The van der Waals surface area contributed by atoms with Crippen LogP contribution >= 0.6 is 15.9 Å². The molecule has 0 aliphatic heterocycles. The highest BCUT2D eigenvalue weighted by Gasteiger charge is 2.22. The molecular weight excluding hydrogens is 504 g/mol. The van der Waals surface area contributed by atoms with E-state index in [1.165, 1.54) is 22.9 Å². The summed E-state index contributed by atoms with van der Waals surface area (Å²) in [5.41, 5.74) is 2.97.